The number of anilines is 2. The lowest BCUT2D eigenvalue weighted by atomic mass is 10.2. The average molecular weight is 301 g/mol. The lowest BCUT2D eigenvalue weighted by molar-refractivity contribution is 0.281. The van der Waals surface area contributed by atoms with Crippen molar-refractivity contribution in [3.05, 3.63) is 42.5 Å². The molecule has 0 atom stereocenters. The van der Waals surface area contributed by atoms with Crippen LogP contribution in [-0.2, 0) is 0 Å². The van der Waals surface area contributed by atoms with Gasteiger partial charge in [-0.25, -0.2) is 0 Å². The minimum absolute atomic E-state index is 0.508. The zero-order valence-corrected chi connectivity index (χ0v) is 13.1. The first kappa shape index (κ1) is 16.0. The topological polar surface area (TPSA) is 73.7 Å². The summed E-state index contributed by atoms with van der Waals surface area (Å²) < 4.78 is 11.5. The molecule has 5 heteroatoms. The van der Waals surface area contributed by atoms with E-state index in [1.165, 1.54) is 0 Å². The summed E-state index contributed by atoms with van der Waals surface area (Å²) in [6.07, 6.45) is 0.979. The van der Waals surface area contributed by atoms with Crippen LogP contribution >= 0.6 is 0 Å². The molecule has 2 aromatic carbocycles. The first-order valence-corrected chi connectivity index (χ1v) is 7.25. The van der Waals surface area contributed by atoms with Gasteiger partial charge in [-0.05, 0) is 44.8 Å². The third kappa shape index (κ3) is 4.86. The van der Waals surface area contributed by atoms with Gasteiger partial charge in [0.05, 0.1) is 18.0 Å². The zero-order chi connectivity index (χ0) is 15.9. The maximum absolute atomic E-state index is 5.78. The second-order valence-electron chi connectivity index (χ2n) is 5.37. The fraction of sp³-hybridized carbons (Fsp3) is 0.294. The Morgan fingerprint density at radius 3 is 2.36 bits per heavy atom. The summed E-state index contributed by atoms with van der Waals surface area (Å²) in [4.78, 5) is 2.13. The van der Waals surface area contributed by atoms with E-state index in [1.807, 2.05) is 38.4 Å². The van der Waals surface area contributed by atoms with Crippen molar-refractivity contribution in [2.24, 2.45) is 0 Å². The summed E-state index contributed by atoms with van der Waals surface area (Å²) in [6, 6.07) is 12.8. The van der Waals surface area contributed by atoms with Gasteiger partial charge in [-0.15, -0.1) is 0 Å². The van der Waals surface area contributed by atoms with Crippen LogP contribution in [0.2, 0.25) is 0 Å². The first-order chi connectivity index (χ1) is 10.5. The molecular formula is C17H23N3O2. The van der Waals surface area contributed by atoms with Gasteiger partial charge >= 0.3 is 0 Å². The first-order valence-electron chi connectivity index (χ1n) is 7.25. The van der Waals surface area contributed by atoms with E-state index in [9.17, 15) is 0 Å². The van der Waals surface area contributed by atoms with Gasteiger partial charge in [-0.1, -0.05) is 6.07 Å². The molecule has 0 aliphatic rings. The van der Waals surface area contributed by atoms with Gasteiger partial charge in [0.2, 0.25) is 0 Å². The van der Waals surface area contributed by atoms with Crippen LogP contribution < -0.4 is 20.9 Å². The van der Waals surface area contributed by atoms with Crippen LogP contribution in [-0.4, -0.2) is 32.1 Å². The predicted molar refractivity (Wildman–Crippen MR) is 90.4 cm³/mol. The van der Waals surface area contributed by atoms with Crippen LogP contribution in [0, 0.1) is 0 Å². The molecule has 4 N–H and O–H groups in total. The Labute approximate surface area is 131 Å². The van der Waals surface area contributed by atoms with Crippen LogP contribution in [0.15, 0.2) is 42.5 Å². The van der Waals surface area contributed by atoms with E-state index in [-0.39, 0.29) is 0 Å². The number of nitrogens with two attached hydrogens (primary N) is 2. The second-order valence-corrected chi connectivity index (χ2v) is 5.37. The van der Waals surface area contributed by atoms with Crippen molar-refractivity contribution in [3.63, 3.8) is 0 Å². The standard InChI is InChI=1S/C17H23N3O2/c1-20(2)9-4-10-21-13-5-3-6-14(11-13)22-15-7-8-16(18)17(19)12-15/h3,5-8,11-12H,4,9-10,18-19H2,1-2H3. The minimum atomic E-state index is 0.508. The molecule has 2 aromatic rings. The van der Waals surface area contributed by atoms with E-state index in [0.717, 1.165) is 18.7 Å². The number of nitrogen functional groups attached to an aromatic ring is 2. The van der Waals surface area contributed by atoms with Crippen molar-refractivity contribution in [1.29, 1.82) is 0 Å². The second kappa shape index (κ2) is 7.56. The Morgan fingerprint density at radius 2 is 1.64 bits per heavy atom. The Hall–Kier alpha value is -2.40. The molecule has 22 heavy (non-hydrogen) atoms. The molecule has 0 radical (unpaired) electrons. The summed E-state index contributed by atoms with van der Waals surface area (Å²) in [5.41, 5.74) is 12.5. The molecule has 0 bridgehead atoms. The largest absolute Gasteiger partial charge is 0.493 e. The summed E-state index contributed by atoms with van der Waals surface area (Å²) in [6.45, 7) is 1.68. The predicted octanol–water partition coefficient (Wildman–Crippen LogP) is 2.97. The Balaban J connectivity index is 1.94. The molecule has 0 spiro atoms. The number of ether oxygens (including phenoxy) is 2. The number of rotatable bonds is 7. The lowest BCUT2D eigenvalue weighted by Crippen LogP contribution is -2.15. The highest BCUT2D eigenvalue weighted by Crippen LogP contribution is 2.28. The average Bonchev–Trinajstić information content (AvgIpc) is 2.48. The lowest BCUT2D eigenvalue weighted by Gasteiger charge is -2.12. The van der Waals surface area contributed by atoms with Crippen molar-refractivity contribution in [3.8, 4) is 17.2 Å². The van der Waals surface area contributed by atoms with E-state index in [2.05, 4.69) is 4.90 Å². The third-order valence-electron chi connectivity index (χ3n) is 3.12. The molecule has 0 saturated carbocycles. The van der Waals surface area contributed by atoms with Crippen molar-refractivity contribution < 1.29 is 9.47 Å². The fourth-order valence-electron chi connectivity index (χ4n) is 1.95. The third-order valence-corrected chi connectivity index (χ3v) is 3.12. The van der Waals surface area contributed by atoms with Gasteiger partial charge in [0.25, 0.3) is 0 Å². The maximum Gasteiger partial charge on any atom is 0.131 e. The summed E-state index contributed by atoms with van der Waals surface area (Å²) in [5.74, 6) is 2.14. The molecular weight excluding hydrogens is 278 g/mol. The number of hydrogen-bond donors (Lipinski definition) is 2. The SMILES string of the molecule is CN(C)CCCOc1cccc(Oc2ccc(N)c(N)c2)c1. The van der Waals surface area contributed by atoms with Gasteiger partial charge in [0.1, 0.15) is 17.2 Å². The van der Waals surface area contributed by atoms with E-state index in [4.69, 9.17) is 20.9 Å². The van der Waals surface area contributed by atoms with Crippen molar-refractivity contribution in [1.82, 2.24) is 4.90 Å². The molecule has 0 fully saturated rings. The number of nitrogens with zero attached hydrogens (tertiary/aromatic N) is 1. The van der Waals surface area contributed by atoms with Crippen LogP contribution in [0.5, 0.6) is 17.2 Å². The molecule has 2 rings (SSSR count). The van der Waals surface area contributed by atoms with Gasteiger partial charge < -0.3 is 25.8 Å². The Bertz CT molecular complexity index is 615. The number of benzene rings is 2. The van der Waals surface area contributed by atoms with Crippen LogP contribution in [0.3, 0.4) is 0 Å². The van der Waals surface area contributed by atoms with Gasteiger partial charge in [-0.2, -0.15) is 0 Å². The molecule has 5 nitrogen and oxygen atoms in total. The Kier molecular flexibility index (Phi) is 5.49. The van der Waals surface area contributed by atoms with Gasteiger partial charge in [0.15, 0.2) is 0 Å². The highest BCUT2D eigenvalue weighted by molar-refractivity contribution is 5.65. The maximum atomic E-state index is 5.78. The van der Waals surface area contributed by atoms with Crippen molar-refractivity contribution in [2.45, 2.75) is 6.42 Å². The minimum Gasteiger partial charge on any atom is -0.493 e. The summed E-state index contributed by atoms with van der Waals surface area (Å²) >= 11 is 0. The molecule has 0 amide bonds. The molecule has 118 valence electrons. The molecule has 0 saturated heterocycles. The van der Waals surface area contributed by atoms with E-state index in [1.54, 1.807) is 18.2 Å². The van der Waals surface area contributed by atoms with Gasteiger partial charge in [0, 0.05) is 18.7 Å². The fourth-order valence-corrected chi connectivity index (χ4v) is 1.95. The molecule has 0 aliphatic heterocycles. The highest BCUT2D eigenvalue weighted by Gasteiger charge is 2.02. The molecule has 0 heterocycles. The Morgan fingerprint density at radius 1 is 0.909 bits per heavy atom. The van der Waals surface area contributed by atoms with Crippen LogP contribution in [0.25, 0.3) is 0 Å². The summed E-state index contributed by atoms with van der Waals surface area (Å²) in [7, 11) is 4.10. The normalized spacial score (nSPS) is 10.7. The smallest absolute Gasteiger partial charge is 0.131 e. The van der Waals surface area contributed by atoms with Gasteiger partial charge in [-0.3, -0.25) is 0 Å². The zero-order valence-electron chi connectivity index (χ0n) is 13.1. The van der Waals surface area contributed by atoms with E-state index < -0.39 is 0 Å². The van der Waals surface area contributed by atoms with E-state index in [0.29, 0.717) is 29.5 Å². The molecule has 0 unspecified atom stereocenters. The monoisotopic (exact) mass is 301 g/mol. The quantitative estimate of drug-likeness (QED) is 0.607. The van der Waals surface area contributed by atoms with Crippen LogP contribution in [0.1, 0.15) is 6.42 Å². The molecule has 0 aliphatic carbocycles. The number of hydrogen-bond acceptors (Lipinski definition) is 5. The molecule has 0 aromatic heterocycles. The van der Waals surface area contributed by atoms with Crippen molar-refractivity contribution >= 4 is 11.4 Å². The van der Waals surface area contributed by atoms with E-state index >= 15 is 0 Å². The highest BCUT2D eigenvalue weighted by atomic mass is 16.5. The summed E-state index contributed by atoms with van der Waals surface area (Å²) in [5, 5.41) is 0. The van der Waals surface area contributed by atoms with Crippen LogP contribution in [0.4, 0.5) is 11.4 Å². The van der Waals surface area contributed by atoms with Crippen molar-refractivity contribution in [2.75, 3.05) is 38.7 Å².